The van der Waals surface area contributed by atoms with Gasteiger partial charge in [0.2, 0.25) is 0 Å². The maximum atomic E-state index is 12.6. The molecule has 6 heteroatoms. The number of thioether (sulfide) groups is 1. The van der Waals surface area contributed by atoms with Gasteiger partial charge >= 0.3 is 5.97 Å². The standard InChI is InChI=1S/C21H21N3O2S/c1-2-26-20(25)18(15-9-5-3-6-10-15)27-21-23-22-19(16-13-14-16)24(21)17-11-7-4-8-12-17/h3-12,16,18H,2,13-14H2,1H3. The van der Waals surface area contributed by atoms with E-state index in [-0.39, 0.29) is 5.97 Å². The van der Waals surface area contributed by atoms with E-state index in [1.165, 1.54) is 11.8 Å². The highest BCUT2D eigenvalue weighted by molar-refractivity contribution is 8.00. The Morgan fingerprint density at radius 3 is 2.41 bits per heavy atom. The highest BCUT2D eigenvalue weighted by atomic mass is 32.2. The lowest BCUT2D eigenvalue weighted by atomic mass is 10.1. The third-order valence-corrected chi connectivity index (χ3v) is 5.62. The molecular weight excluding hydrogens is 358 g/mol. The minimum absolute atomic E-state index is 0.260. The Labute approximate surface area is 162 Å². The highest BCUT2D eigenvalue weighted by Crippen LogP contribution is 2.43. The van der Waals surface area contributed by atoms with E-state index in [9.17, 15) is 4.79 Å². The van der Waals surface area contributed by atoms with Crippen molar-refractivity contribution in [3.05, 3.63) is 72.1 Å². The van der Waals surface area contributed by atoms with Gasteiger partial charge in [0.05, 0.1) is 6.61 Å². The maximum Gasteiger partial charge on any atom is 0.324 e. The lowest BCUT2D eigenvalue weighted by Crippen LogP contribution is -2.14. The first-order valence-corrected chi connectivity index (χ1v) is 10.0. The van der Waals surface area contributed by atoms with Crippen LogP contribution in [0, 0.1) is 0 Å². The summed E-state index contributed by atoms with van der Waals surface area (Å²) in [4.78, 5) is 12.6. The molecule has 0 bridgehead atoms. The van der Waals surface area contributed by atoms with E-state index in [0.29, 0.717) is 17.7 Å². The van der Waals surface area contributed by atoms with Gasteiger partial charge in [-0.25, -0.2) is 0 Å². The van der Waals surface area contributed by atoms with E-state index in [2.05, 4.69) is 14.8 Å². The van der Waals surface area contributed by atoms with Gasteiger partial charge in [0.1, 0.15) is 11.1 Å². The first-order chi connectivity index (χ1) is 13.3. The molecule has 1 aliphatic rings. The minimum Gasteiger partial charge on any atom is -0.465 e. The van der Waals surface area contributed by atoms with Crippen LogP contribution in [0.15, 0.2) is 65.8 Å². The Bertz CT molecular complexity index is 908. The summed E-state index contributed by atoms with van der Waals surface area (Å²) in [5, 5.41) is 9.11. The molecule has 27 heavy (non-hydrogen) atoms. The molecule has 5 nitrogen and oxygen atoms in total. The lowest BCUT2D eigenvalue weighted by Gasteiger charge is -2.16. The van der Waals surface area contributed by atoms with E-state index in [4.69, 9.17) is 4.74 Å². The van der Waals surface area contributed by atoms with Crippen molar-refractivity contribution in [1.82, 2.24) is 14.8 Å². The van der Waals surface area contributed by atoms with Crippen LogP contribution in [0.4, 0.5) is 0 Å². The fourth-order valence-electron chi connectivity index (χ4n) is 2.99. The smallest absolute Gasteiger partial charge is 0.324 e. The molecule has 3 aromatic rings. The summed E-state index contributed by atoms with van der Waals surface area (Å²) in [6.07, 6.45) is 2.27. The molecule has 0 aliphatic heterocycles. The third kappa shape index (κ3) is 3.90. The number of hydrogen-bond acceptors (Lipinski definition) is 5. The summed E-state index contributed by atoms with van der Waals surface area (Å²) in [6, 6.07) is 19.8. The van der Waals surface area contributed by atoms with E-state index in [1.807, 2.05) is 67.6 Å². The Balaban J connectivity index is 1.72. The second-order valence-electron chi connectivity index (χ2n) is 6.45. The normalized spacial score (nSPS) is 14.7. The van der Waals surface area contributed by atoms with Crippen molar-refractivity contribution >= 4 is 17.7 Å². The van der Waals surface area contributed by atoms with Crippen LogP contribution in [0.3, 0.4) is 0 Å². The highest BCUT2D eigenvalue weighted by Gasteiger charge is 2.33. The second-order valence-corrected chi connectivity index (χ2v) is 7.52. The number of para-hydroxylation sites is 1. The molecule has 138 valence electrons. The van der Waals surface area contributed by atoms with E-state index in [1.54, 1.807) is 0 Å². The average molecular weight is 379 g/mol. The fraction of sp³-hybridized carbons (Fsp3) is 0.286. The predicted octanol–water partition coefficient (Wildman–Crippen LogP) is 4.54. The predicted molar refractivity (Wildman–Crippen MR) is 105 cm³/mol. The van der Waals surface area contributed by atoms with Gasteiger partial charge in [-0.3, -0.25) is 9.36 Å². The van der Waals surface area contributed by atoms with Crippen molar-refractivity contribution in [2.24, 2.45) is 0 Å². The first-order valence-electron chi connectivity index (χ1n) is 9.17. The summed E-state index contributed by atoms with van der Waals surface area (Å²) in [5.41, 5.74) is 1.92. The molecule has 1 heterocycles. The molecule has 1 saturated carbocycles. The number of carbonyl (C=O) groups excluding carboxylic acids is 1. The van der Waals surface area contributed by atoms with Crippen LogP contribution < -0.4 is 0 Å². The SMILES string of the molecule is CCOC(=O)C(Sc1nnc(C2CC2)n1-c1ccccc1)c1ccccc1. The zero-order valence-electron chi connectivity index (χ0n) is 15.1. The van der Waals surface area contributed by atoms with Gasteiger partial charge in [0, 0.05) is 11.6 Å². The Kier molecular flexibility index (Phi) is 5.25. The van der Waals surface area contributed by atoms with Crippen LogP contribution in [0.1, 0.15) is 42.3 Å². The summed E-state index contributed by atoms with van der Waals surface area (Å²) in [6.45, 7) is 2.17. The molecule has 0 radical (unpaired) electrons. The Hall–Kier alpha value is -2.60. The Morgan fingerprint density at radius 1 is 1.11 bits per heavy atom. The van der Waals surface area contributed by atoms with Gasteiger partial charge in [-0.1, -0.05) is 60.3 Å². The number of benzene rings is 2. The van der Waals surface area contributed by atoms with Crippen LogP contribution in [0.5, 0.6) is 0 Å². The number of esters is 1. The fourth-order valence-corrected chi connectivity index (χ4v) is 4.05. The molecule has 1 unspecified atom stereocenters. The molecule has 1 atom stereocenters. The molecule has 0 saturated heterocycles. The lowest BCUT2D eigenvalue weighted by molar-refractivity contribution is -0.142. The molecular formula is C21H21N3O2S. The van der Waals surface area contributed by atoms with Gasteiger partial charge in [-0.15, -0.1) is 10.2 Å². The van der Waals surface area contributed by atoms with E-state index < -0.39 is 5.25 Å². The number of hydrogen-bond donors (Lipinski definition) is 0. The number of carbonyl (C=O) groups is 1. The van der Waals surface area contributed by atoms with Crippen molar-refractivity contribution in [2.75, 3.05) is 6.61 Å². The van der Waals surface area contributed by atoms with Crippen LogP contribution in [0.25, 0.3) is 5.69 Å². The Morgan fingerprint density at radius 2 is 1.78 bits per heavy atom. The number of rotatable bonds is 7. The van der Waals surface area contributed by atoms with Gasteiger partial charge < -0.3 is 4.74 Å². The molecule has 2 aromatic carbocycles. The van der Waals surface area contributed by atoms with E-state index in [0.717, 1.165) is 29.9 Å². The monoisotopic (exact) mass is 379 g/mol. The zero-order chi connectivity index (χ0) is 18.6. The summed E-state index contributed by atoms with van der Waals surface area (Å²) >= 11 is 1.39. The molecule has 1 aliphatic carbocycles. The molecule has 0 spiro atoms. The van der Waals surface area contributed by atoms with Crippen molar-refractivity contribution in [1.29, 1.82) is 0 Å². The summed E-state index contributed by atoms with van der Waals surface area (Å²) in [5.74, 6) is 1.16. The van der Waals surface area contributed by atoms with Crippen molar-refractivity contribution in [2.45, 2.75) is 36.1 Å². The van der Waals surface area contributed by atoms with Crippen LogP contribution >= 0.6 is 11.8 Å². The van der Waals surface area contributed by atoms with Gasteiger partial charge in [-0.05, 0) is 37.5 Å². The largest absolute Gasteiger partial charge is 0.465 e. The summed E-state index contributed by atoms with van der Waals surface area (Å²) in [7, 11) is 0. The number of nitrogens with zero attached hydrogens (tertiary/aromatic N) is 3. The molecule has 0 N–H and O–H groups in total. The third-order valence-electron chi connectivity index (χ3n) is 4.44. The van der Waals surface area contributed by atoms with Gasteiger partial charge in [0.25, 0.3) is 0 Å². The summed E-state index contributed by atoms with van der Waals surface area (Å²) < 4.78 is 7.41. The van der Waals surface area contributed by atoms with E-state index >= 15 is 0 Å². The molecule has 4 rings (SSSR count). The maximum absolute atomic E-state index is 12.6. The molecule has 1 aromatic heterocycles. The van der Waals surface area contributed by atoms with Gasteiger partial charge in [0.15, 0.2) is 5.16 Å². The zero-order valence-corrected chi connectivity index (χ0v) is 15.9. The van der Waals surface area contributed by atoms with Crippen molar-refractivity contribution in [3.8, 4) is 5.69 Å². The average Bonchev–Trinajstić information content (AvgIpc) is 3.47. The number of aromatic nitrogens is 3. The van der Waals surface area contributed by atoms with Crippen molar-refractivity contribution < 1.29 is 9.53 Å². The minimum atomic E-state index is -0.482. The molecule has 0 amide bonds. The second kappa shape index (κ2) is 7.96. The first kappa shape index (κ1) is 17.8. The van der Waals surface area contributed by atoms with Crippen LogP contribution in [-0.2, 0) is 9.53 Å². The quantitative estimate of drug-likeness (QED) is 0.445. The number of ether oxygens (including phenoxy) is 1. The molecule has 1 fully saturated rings. The van der Waals surface area contributed by atoms with Crippen LogP contribution in [-0.4, -0.2) is 27.3 Å². The van der Waals surface area contributed by atoms with Crippen molar-refractivity contribution in [3.63, 3.8) is 0 Å². The topological polar surface area (TPSA) is 57.0 Å². The van der Waals surface area contributed by atoms with Crippen LogP contribution in [0.2, 0.25) is 0 Å². The van der Waals surface area contributed by atoms with Gasteiger partial charge in [-0.2, -0.15) is 0 Å².